The molecule has 0 spiro atoms. The van der Waals surface area contributed by atoms with Gasteiger partial charge in [0.2, 0.25) is 5.91 Å². The number of rotatable bonds is 9. The van der Waals surface area contributed by atoms with Crippen LogP contribution < -0.4 is 15.8 Å². The first kappa shape index (κ1) is 16.8. The molecule has 0 radical (unpaired) electrons. The van der Waals surface area contributed by atoms with Gasteiger partial charge in [-0.15, -0.1) is 0 Å². The summed E-state index contributed by atoms with van der Waals surface area (Å²) in [5.74, 6) is 1.08. The van der Waals surface area contributed by atoms with Crippen LogP contribution >= 0.6 is 11.8 Å². The van der Waals surface area contributed by atoms with E-state index in [1.54, 1.807) is 23.9 Å². The van der Waals surface area contributed by atoms with Crippen LogP contribution in [0.2, 0.25) is 0 Å². The third-order valence-electron chi connectivity index (χ3n) is 2.67. The monoisotopic (exact) mass is 300 g/mol. The normalized spacial score (nSPS) is 11.9. The Bertz CT molecular complexity index is 401. The number of hydrogen-bond donors (Lipinski definition) is 2. The predicted octanol–water partition coefficient (Wildman–Crippen LogP) is 1.79. The van der Waals surface area contributed by atoms with E-state index in [0.29, 0.717) is 31.7 Å². The lowest BCUT2D eigenvalue weighted by molar-refractivity contribution is -0.122. The van der Waals surface area contributed by atoms with Crippen molar-refractivity contribution in [1.82, 2.24) is 5.32 Å². The van der Waals surface area contributed by atoms with Gasteiger partial charge < -0.3 is 15.8 Å². The average Bonchev–Trinajstić information content (AvgIpc) is 2.46. The molecule has 0 unspecified atom stereocenters. The van der Waals surface area contributed by atoms with Crippen molar-refractivity contribution in [3.63, 3.8) is 0 Å². The number of nitrogens with one attached hydrogen (secondary N) is 1. The molecule has 0 aliphatic heterocycles. The Kier molecular flexibility index (Phi) is 8.06. The van der Waals surface area contributed by atoms with Crippen molar-refractivity contribution in [2.75, 3.05) is 25.2 Å². The SMILES string of the molecule is CSCC[C@H](N)C(=O)NCCCOc1ccc(F)cc1. The number of carbonyl (C=O) groups is 1. The summed E-state index contributed by atoms with van der Waals surface area (Å²) >= 11 is 1.67. The summed E-state index contributed by atoms with van der Waals surface area (Å²) in [6.45, 7) is 0.985. The molecule has 0 bridgehead atoms. The van der Waals surface area contributed by atoms with Gasteiger partial charge in [0.1, 0.15) is 11.6 Å². The van der Waals surface area contributed by atoms with Gasteiger partial charge in [0, 0.05) is 6.54 Å². The van der Waals surface area contributed by atoms with E-state index < -0.39 is 6.04 Å². The fourth-order valence-electron chi connectivity index (χ4n) is 1.51. The molecule has 20 heavy (non-hydrogen) atoms. The van der Waals surface area contributed by atoms with Gasteiger partial charge in [0.15, 0.2) is 0 Å². The number of carbonyl (C=O) groups excluding carboxylic acids is 1. The molecule has 0 saturated heterocycles. The van der Waals surface area contributed by atoms with Gasteiger partial charge in [0.05, 0.1) is 12.6 Å². The third-order valence-corrected chi connectivity index (χ3v) is 3.32. The van der Waals surface area contributed by atoms with Crippen LogP contribution in [0.4, 0.5) is 4.39 Å². The number of amides is 1. The van der Waals surface area contributed by atoms with Crippen LogP contribution in [-0.2, 0) is 4.79 Å². The Morgan fingerprint density at radius 1 is 1.45 bits per heavy atom. The molecule has 6 heteroatoms. The summed E-state index contributed by atoms with van der Waals surface area (Å²) in [5, 5.41) is 2.77. The van der Waals surface area contributed by atoms with Gasteiger partial charge in [0.25, 0.3) is 0 Å². The van der Waals surface area contributed by atoms with E-state index in [9.17, 15) is 9.18 Å². The van der Waals surface area contributed by atoms with E-state index in [4.69, 9.17) is 10.5 Å². The lowest BCUT2D eigenvalue weighted by Crippen LogP contribution is -2.41. The van der Waals surface area contributed by atoms with Crippen LogP contribution in [0.25, 0.3) is 0 Å². The number of ether oxygens (including phenoxy) is 1. The summed E-state index contributed by atoms with van der Waals surface area (Å²) < 4.78 is 18.1. The molecule has 0 saturated carbocycles. The molecule has 0 aliphatic rings. The Labute approximate surface area is 123 Å². The zero-order valence-electron chi connectivity index (χ0n) is 11.6. The number of hydrogen-bond acceptors (Lipinski definition) is 4. The van der Waals surface area contributed by atoms with Gasteiger partial charge in [-0.25, -0.2) is 4.39 Å². The predicted molar refractivity (Wildman–Crippen MR) is 80.5 cm³/mol. The first-order valence-electron chi connectivity index (χ1n) is 6.54. The zero-order chi connectivity index (χ0) is 14.8. The van der Waals surface area contributed by atoms with Crippen LogP contribution in [0, 0.1) is 5.82 Å². The molecule has 1 rings (SSSR count). The number of benzene rings is 1. The summed E-state index contributed by atoms with van der Waals surface area (Å²) in [6.07, 6.45) is 3.34. The highest BCUT2D eigenvalue weighted by Crippen LogP contribution is 2.10. The van der Waals surface area contributed by atoms with E-state index in [1.807, 2.05) is 6.26 Å². The summed E-state index contributed by atoms with van der Waals surface area (Å²) in [4.78, 5) is 11.6. The van der Waals surface area contributed by atoms with Crippen molar-refractivity contribution in [2.24, 2.45) is 5.73 Å². The zero-order valence-corrected chi connectivity index (χ0v) is 12.4. The fraction of sp³-hybridized carbons (Fsp3) is 0.500. The average molecular weight is 300 g/mol. The molecule has 1 atom stereocenters. The smallest absolute Gasteiger partial charge is 0.236 e. The molecule has 1 aromatic rings. The second-order valence-electron chi connectivity index (χ2n) is 4.33. The minimum absolute atomic E-state index is 0.124. The highest BCUT2D eigenvalue weighted by atomic mass is 32.2. The van der Waals surface area contributed by atoms with Gasteiger partial charge in [-0.1, -0.05) is 0 Å². The summed E-state index contributed by atoms with van der Waals surface area (Å²) in [6, 6.07) is 5.41. The van der Waals surface area contributed by atoms with Crippen molar-refractivity contribution < 1.29 is 13.9 Å². The Balaban J connectivity index is 2.09. The maximum Gasteiger partial charge on any atom is 0.236 e. The van der Waals surface area contributed by atoms with Gasteiger partial charge in [-0.2, -0.15) is 11.8 Å². The van der Waals surface area contributed by atoms with E-state index in [1.165, 1.54) is 12.1 Å². The van der Waals surface area contributed by atoms with Crippen molar-refractivity contribution >= 4 is 17.7 Å². The van der Waals surface area contributed by atoms with Gasteiger partial charge >= 0.3 is 0 Å². The van der Waals surface area contributed by atoms with Crippen LogP contribution in [0.5, 0.6) is 5.75 Å². The number of nitrogens with two attached hydrogens (primary N) is 1. The van der Waals surface area contributed by atoms with Crippen LogP contribution in [0.3, 0.4) is 0 Å². The Morgan fingerprint density at radius 3 is 2.80 bits per heavy atom. The van der Waals surface area contributed by atoms with Crippen molar-refractivity contribution in [2.45, 2.75) is 18.9 Å². The molecule has 1 aromatic carbocycles. The van der Waals surface area contributed by atoms with Gasteiger partial charge in [-0.3, -0.25) is 4.79 Å². The second-order valence-corrected chi connectivity index (χ2v) is 5.32. The fourth-order valence-corrected chi connectivity index (χ4v) is 2.00. The molecular formula is C14H21FN2O2S. The largest absolute Gasteiger partial charge is 0.494 e. The quantitative estimate of drug-likeness (QED) is 0.683. The van der Waals surface area contributed by atoms with Crippen LogP contribution in [0.15, 0.2) is 24.3 Å². The maximum absolute atomic E-state index is 12.7. The van der Waals surface area contributed by atoms with E-state index in [-0.39, 0.29) is 11.7 Å². The van der Waals surface area contributed by atoms with Crippen molar-refractivity contribution in [1.29, 1.82) is 0 Å². The molecule has 112 valence electrons. The lowest BCUT2D eigenvalue weighted by atomic mass is 10.2. The molecular weight excluding hydrogens is 279 g/mol. The maximum atomic E-state index is 12.7. The molecule has 4 nitrogen and oxygen atoms in total. The molecule has 0 aromatic heterocycles. The molecule has 0 heterocycles. The molecule has 0 fully saturated rings. The van der Waals surface area contributed by atoms with Crippen LogP contribution in [-0.4, -0.2) is 37.1 Å². The van der Waals surface area contributed by atoms with E-state index in [2.05, 4.69) is 5.32 Å². The van der Waals surface area contributed by atoms with Gasteiger partial charge in [-0.05, 0) is 49.1 Å². The highest BCUT2D eigenvalue weighted by Gasteiger charge is 2.11. The number of thioether (sulfide) groups is 1. The highest BCUT2D eigenvalue weighted by molar-refractivity contribution is 7.98. The summed E-state index contributed by atoms with van der Waals surface area (Å²) in [5.41, 5.74) is 5.73. The Morgan fingerprint density at radius 2 is 2.15 bits per heavy atom. The third kappa shape index (κ3) is 6.77. The second kappa shape index (κ2) is 9.61. The minimum atomic E-state index is -0.444. The topological polar surface area (TPSA) is 64.4 Å². The molecule has 0 aliphatic carbocycles. The van der Waals surface area contributed by atoms with Crippen molar-refractivity contribution in [3.8, 4) is 5.75 Å². The first-order chi connectivity index (χ1) is 9.63. The Hall–Kier alpha value is -1.27. The standard InChI is InChI=1S/C14H21FN2O2S/c1-20-10-7-13(16)14(18)17-8-2-9-19-12-5-3-11(15)4-6-12/h3-6,13H,2,7-10,16H2,1H3,(H,17,18)/t13-/m0/s1. The van der Waals surface area contributed by atoms with Crippen molar-refractivity contribution in [3.05, 3.63) is 30.1 Å². The minimum Gasteiger partial charge on any atom is -0.494 e. The van der Waals surface area contributed by atoms with E-state index in [0.717, 1.165) is 5.75 Å². The van der Waals surface area contributed by atoms with Crippen LogP contribution in [0.1, 0.15) is 12.8 Å². The molecule has 1 amide bonds. The lowest BCUT2D eigenvalue weighted by Gasteiger charge is -2.11. The molecule has 3 N–H and O–H groups in total. The summed E-state index contributed by atoms with van der Waals surface area (Å²) in [7, 11) is 0. The van der Waals surface area contributed by atoms with E-state index >= 15 is 0 Å². The number of halogens is 1. The first-order valence-corrected chi connectivity index (χ1v) is 7.93.